The molecule has 5 nitrogen and oxygen atoms in total. The monoisotopic (exact) mass is 309 g/mol. The highest BCUT2D eigenvalue weighted by Crippen LogP contribution is 2.16. The molecule has 0 saturated heterocycles. The summed E-state index contributed by atoms with van der Waals surface area (Å²) in [5, 5.41) is 0.661. The summed E-state index contributed by atoms with van der Waals surface area (Å²) < 4.78 is 26.6. The van der Waals surface area contributed by atoms with Crippen molar-refractivity contribution < 1.29 is 8.42 Å². The van der Waals surface area contributed by atoms with Crippen LogP contribution in [0.4, 0.5) is 0 Å². The molecule has 1 heterocycles. The maximum atomic E-state index is 12.0. The van der Waals surface area contributed by atoms with E-state index in [1.54, 1.807) is 6.92 Å². The minimum atomic E-state index is -3.52. The number of aryl methyl sites for hydroxylation is 1. The number of hydrogen-bond donors (Lipinski definition) is 2. The quantitative estimate of drug-likeness (QED) is 0.811. The summed E-state index contributed by atoms with van der Waals surface area (Å²) in [5.41, 5.74) is -0.488. The Morgan fingerprint density at radius 2 is 2.25 bits per heavy atom. The molecule has 0 amide bonds. The molecule has 1 aromatic rings. The molecule has 1 atom stereocenters. The Bertz CT molecular complexity index is 451. The van der Waals surface area contributed by atoms with E-state index in [2.05, 4.69) is 30.6 Å². The van der Waals surface area contributed by atoms with E-state index in [9.17, 15) is 8.42 Å². The molecule has 7 heteroatoms. The van der Waals surface area contributed by atoms with Gasteiger partial charge < -0.3 is 4.98 Å². The number of halogens is 1. The van der Waals surface area contributed by atoms with Gasteiger partial charge in [0.05, 0.1) is 6.20 Å². The average Bonchev–Trinajstić information content (AvgIpc) is 2.65. The average molecular weight is 310 g/mol. The Morgan fingerprint density at radius 1 is 1.62 bits per heavy atom. The van der Waals surface area contributed by atoms with Crippen LogP contribution in [0, 0.1) is 6.92 Å². The second-order valence-electron chi connectivity index (χ2n) is 3.99. The zero-order valence-corrected chi connectivity index (χ0v) is 11.9. The van der Waals surface area contributed by atoms with Gasteiger partial charge in [0.15, 0.2) is 5.03 Å². The SMILES string of the molecule is CCC(C)(CBr)NS(=O)(=O)c1cnc(C)[nH]1. The van der Waals surface area contributed by atoms with Gasteiger partial charge in [-0.15, -0.1) is 0 Å². The van der Waals surface area contributed by atoms with E-state index in [0.29, 0.717) is 17.6 Å². The van der Waals surface area contributed by atoms with Gasteiger partial charge in [0.2, 0.25) is 0 Å². The Hall–Kier alpha value is -0.400. The minimum Gasteiger partial charge on any atom is -0.332 e. The molecule has 1 aromatic heterocycles. The predicted molar refractivity (Wildman–Crippen MR) is 66.1 cm³/mol. The molecule has 0 spiro atoms. The number of sulfonamides is 1. The molecule has 2 N–H and O–H groups in total. The van der Waals surface area contributed by atoms with Gasteiger partial charge in [-0.1, -0.05) is 22.9 Å². The number of rotatable bonds is 5. The van der Waals surface area contributed by atoms with E-state index in [-0.39, 0.29) is 5.03 Å². The molecular weight excluding hydrogens is 294 g/mol. The third-order valence-electron chi connectivity index (χ3n) is 2.43. The zero-order chi connectivity index (χ0) is 12.4. The number of alkyl halides is 1. The van der Waals surface area contributed by atoms with Crippen molar-refractivity contribution in [3.8, 4) is 0 Å². The Morgan fingerprint density at radius 3 is 2.62 bits per heavy atom. The van der Waals surface area contributed by atoms with E-state index in [0.717, 1.165) is 0 Å². The number of imidazole rings is 1. The van der Waals surface area contributed by atoms with Gasteiger partial charge in [-0.05, 0) is 20.3 Å². The van der Waals surface area contributed by atoms with Gasteiger partial charge >= 0.3 is 0 Å². The van der Waals surface area contributed by atoms with Crippen molar-refractivity contribution >= 4 is 26.0 Å². The number of aromatic amines is 1. The van der Waals surface area contributed by atoms with E-state index < -0.39 is 15.6 Å². The lowest BCUT2D eigenvalue weighted by Gasteiger charge is -2.26. The van der Waals surface area contributed by atoms with Crippen LogP contribution in [0.1, 0.15) is 26.1 Å². The molecule has 0 bridgehead atoms. The van der Waals surface area contributed by atoms with Gasteiger partial charge in [-0.3, -0.25) is 0 Å². The molecule has 0 aromatic carbocycles. The van der Waals surface area contributed by atoms with Crippen molar-refractivity contribution in [2.75, 3.05) is 5.33 Å². The lowest BCUT2D eigenvalue weighted by molar-refractivity contribution is 0.448. The van der Waals surface area contributed by atoms with Crippen LogP contribution in [0.2, 0.25) is 0 Å². The molecule has 0 fully saturated rings. The summed E-state index contributed by atoms with van der Waals surface area (Å²) in [6.45, 7) is 5.49. The van der Waals surface area contributed by atoms with Crippen molar-refractivity contribution in [3.63, 3.8) is 0 Å². The first-order valence-corrected chi connectivity index (χ1v) is 7.55. The van der Waals surface area contributed by atoms with E-state index >= 15 is 0 Å². The number of nitrogens with one attached hydrogen (secondary N) is 2. The Labute approximate surface area is 104 Å². The molecule has 0 aliphatic rings. The van der Waals surface area contributed by atoms with Crippen LogP contribution in [0.15, 0.2) is 11.2 Å². The highest BCUT2D eigenvalue weighted by Gasteiger charge is 2.28. The van der Waals surface area contributed by atoms with Crippen LogP contribution in [-0.2, 0) is 10.0 Å². The van der Waals surface area contributed by atoms with Crippen molar-refractivity contribution in [1.82, 2.24) is 14.7 Å². The highest BCUT2D eigenvalue weighted by atomic mass is 79.9. The molecule has 92 valence electrons. The van der Waals surface area contributed by atoms with E-state index in [1.165, 1.54) is 6.20 Å². The van der Waals surface area contributed by atoms with Crippen LogP contribution < -0.4 is 4.72 Å². The summed E-state index contributed by atoms with van der Waals surface area (Å²) in [4.78, 5) is 6.59. The minimum absolute atomic E-state index is 0.102. The standard InChI is InChI=1S/C9H16BrN3O2S/c1-4-9(3,6-10)13-16(14,15)8-5-11-7(2)12-8/h5,13H,4,6H2,1-3H3,(H,11,12). The molecule has 0 saturated carbocycles. The summed E-state index contributed by atoms with van der Waals surface area (Å²) in [6, 6.07) is 0. The first-order valence-electron chi connectivity index (χ1n) is 4.94. The van der Waals surface area contributed by atoms with E-state index in [1.807, 2.05) is 13.8 Å². The smallest absolute Gasteiger partial charge is 0.258 e. The van der Waals surface area contributed by atoms with Crippen molar-refractivity contribution in [1.29, 1.82) is 0 Å². The molecule has 0 aliphatic carbocycles. The van der Waals surface area contributed by atoms with Gasteiger partial charge in [0.25, 0.3) is 10.0 Å². The van der Waals surface area contributed by atoms with Gasteiger partial charge in [-0.25, -0.2) is 18.1 Å². The second kappa shape index (κ2) is 4.85. The van der Waals surface area contributed by atoms with Gasteiger partial charge in [-0.2, -0.15) is 0 Å². The molecular formula is C9H16BrN3O2S. The summed E-state index contributed by atoms with van der Waals surface area (Å²) >= 11 is 3.31. The van der Waals surface area contributed by atoms with Crippen LogP contribution in [0.25, 0.3) is 0 Å². The molecule has 1 rings (SSSR count). The van der Waals surface area contributed by atoms with Crippen molar-refractivity contribution in [2.24, 2.45) is 0 Å². The number of hydrogen-bond acceptors (Lipinski definition) is 3. The van der Waals surface area contributed by atoms with Crippen molar-refractivity contribution in [3.05, 3.63) is 12.0 Å². The normalized spacial score (nSPS) is 16.0. The Kier molecular flexibility index (Phi) is 4.14. The van der Waals surface area contributed by atoms with Gasteiger partial charge in [0, 0.05) is 10.9 Å². The molecule has 1 unspecified atom stereocenters. The fourth-order valence-electron chi connectivity index (χ4n) is 1.11. The van der Waals surface area contributed by atoms with Crippen LogP contribution in [-0.4, -0.2) is 29.3 Å². The predicted octanol–water partition coefficient (Wildman–Crippen LogP) is 1.56. The van der Waals surface area contributed by atoms with Crippen LogP contribution in [0.5, 0.6) is 0 Å². The summed E-state index contributed by atoms with van der Waals surface area (Å²) in [6.07, 6.45) is 2.02. The maximum Gasteiger partial charge on any atom is 0.258 e. The molecule has 0 radical (unpaired) electrons. The summed E-state index contributed by atoms with van der Waals surface area (Å²) in [5.74, 6) is 0.581. The van der Waals surface area contributed by atoms with Gasteiger partial charge in [0.1, 0.15) is 5.82 Å². The zero-order valence-electron chi connectivity index (χ0n) is 9.54. The third-order valence-corrected chi connectivity index (χ3v) is 5.21. The fourth-order valence-corrected chi connectivity index (χ4v) is 3.28. The number of aromatic nitrogens is 2. The van der Waals surface area contributed by atoms with Crippen LogP contribution in [0.3, 0.4) is 0 Å². The highest BCUT2D eigenvalue weighted by molar-refractivity contribution is 9.09. The van der Waals surface area contributed by atoms with Crippen LogP contribution >= 0.6 is 15.9 Å². The first kappa shape index (κ1) is 13.7. The number of H-pyrrole nitrogens is 1. The molecule has 16 heavy (non-hydrogen) atoms. The van der Waals surface area contributed by atoms with E-state index in [4.69, 9.17) is 0 Å². The number of nitrogens with zero attached hydrogens (tertiary/aromatic N) is 1. The maximum absolute atomic E-state index is 12.0. The third kappa shape index (κ3) is 3.05. The summed E-state index contributed by atoms with van der Waals surface area (Å²) in [7, 11) is -3.52. The first-order chi connectivity index (χ1) is 7.33. The van der Waals surface area contributed by atoms with Crippen molar-refractivity contribution in [2.45, 2.75) is 37.8 Å². The fraction of sp³-hybridized carbons (Fsp3) is 0.667. The Balaban J connectivity index is 2.96. The topological polar surface area (TPSA) is 74.8 Å². The lowest BCUT2D eigenvalue weighted by Crippen LogP contribution is -2.46. The second-order valence-corrected chi connectivity index (χ2v) is 6.20. The molecule has 0 aliphatic heterocycles. The lowest BCUT2D eigenvalue weighted by atomic mass is 10.0. The largest absolute Gasteiger partial charge is 0.332 e.